The van der Waals surface area contributed by atoms with E-state index in [0.717, 1.165) is 16.2 Å². The Morgan fingerprint density at radius 2 is 1.59 bits per heavy atom. The first-order valence-corrected chi connectivity index (χ1v) is 11.6. The van der Waals surface area contributed by atoms with Gasteiger partial charge in [0.2, 0.25) is 0 Å². The van der Waals surface area contributed by atoms with E-state index in [1.165, 1.54) is 5.19 Å². The van der Waals surface area contributed by atoms with Gasteiger partial charge >= 0.3 is 0 Å². The van der Waals surface area contributed by atoms with Crippen molar-refractivity contribution in [2.45, 2.75) is 29.8 Å². The summed E-state index contributed by atoms with van der Waals surface area (Å²) in [5, 5.41) is 10.7. The van der Waals surface area contributed by atoms with Crippen molar-refractivity contribution in [2.75, 3.05) is 7.11 Å². The molecular weight excluding hydrogens is 306 g/mol. The highest BCUT2D eigenvalue weighted by atomic mass is 32.2. The van der Waals surface area contributed by atoms with Gasteiger partial charge in [0.1, 0.15) is 11.0 Å². The molecule has 0 heterocycles. The molecule has 0 aliphatic heterocycles. The topological polar surface area (TPSA) is 33.0 Å². The number of hydrogen-bond acceptors (Lipinski definition) is 3. The van der Waals surface area contributed by atoms with E-state index >= 15 is 0 Å². The third-order valence-electron chi connectivity index (χ3n) is 3.51. The average Bonchev–Trinajstić information content (AvgIpc) is 2.52. The van der Waals surface area contributed by atoms with Gasteiger partial charge in [-0.05, 0) is 29.8 Å². The molecule has 0 radical (unpaired) electrons. The van der Waals surface area contributed by atoms with Gasteiger partial charge in [-0.1, -0.05) is 49.1 Å². The lowest BCUT2D eigenvalue weighted by atomic mass is 10.1. The first-order valence-electron chi connectivity index (χ1n) is 7.25. The lowest BCUT2D eigenvalue weighted by molar-refractivity contribution is 0.414. The van der Waals surface area contributed by atoms with Gasteiger partial charge in [-0.15, -0.1) is 11.8 Å². The molecule has 0 amide bonds. The summed E-state index contributed by atoms with van der Waals surface area (Å²) in [6, 6.07) is 18.8. The molecule has 1 atom stereocenters. The second-order valence-electron chi connectivity index (χ2n) is 6.17. The third-order valence-corrected chi connectivity index (χ3v) is 6.73. The summed E-state index contributed by atoms with van der Waals surface area (Å²) in [5.41, 5.74) is 1.00. The molecule has 0 aromatic heterocycles. The molecule has 2 rings (SSSR count). The zero-order valence-corrected chi connectivity index (χ0v) is 15.3. The second-order valence-corrected chi connectivity index (χ2v) is 12.4. The molecule has 0 aliphatic rings. The number of hydrogen-bond donors (Lipinski definition) is 0. The van der Waals surface area contributed by atoms with Crippen LogP contribution in [-0.4, -0.2) is 15.2 Å². The van der Waals surface area contributed by atoms with Gasteiger partial charge in [0.05, 0.1) is 21.3 Å². The van der Waals surface area contributed by atoms with Crippen LogP contribution in [-0.2, 0) is 0 Å². The Hall–Kier alpha value is -1.70. The Morgan fingerprint density at radius 1 is 1.00 bits per heavy atom. The standard InChI is InChI=1S/C18H21NOSSi/c1-20-15-7-5-14(6-8-15)18(13-19)21-16-9-11-17(12-10-16)22(2,3)4/h5-12,18H,1-4H3. The van der Waals surface area contributed by atoms with E-state index in [0.29, 0.717) is 0 Å². The predicted octanol–water partition coefficient (Wildman–Crippen LogP) is 4.60. The van der Waals surface area contributed by atoms with Crippen molar-refractivity contribution in [1.29, 1.82) is 5.26 Å². The maximum atomic E-state index is 9.46. The Morgan fingerprint density at radius 3 is 2.05 bits per heavy atom. The fourth-order valence-electron chi connectivity index (χ4n) is 2.12. The average molecular weight is 328 g/mol. The van der Waals surface area contributed by atoms with E-state index in [-0.39, 0.29) is 5.25 Å². The van der Waals surface area contributed by atoms with Gasteiger partial charge in [0.15, 0.2) is 0 Å². The van der Waals surface area contributed by atoms with Gasteiger partial charge in [-0.2, -0.15) is 5.26 Å². The Bertz CT molecular complexity index is 653. The largest absolute Gasteiger partial charge is 0.497 e. The number of ether oxygens (including phenoxy) is 1. The minimum atomic E-state index is -1.27. The van der Waals surface area contributed by atoms with Crippen molar-refractivity contribution in [3.63, 3.8) is 0 Å². The monoisotopic (exact) mass is 327 g/mol. The molecule has 0 aliphatic carbocycles. The van der Waals surface area contributed by atoms with Crippen molar-refractivity contribution in [3.8, 4) is 11.8 Å². The van der Waals surface area contributed by atoms with Crippen LogP contribution in [0.3, 0.4) is 0 Å². The predicted molar refractivity (Wildman–Crippen MR) is 96.6 cm³/mol. The number of nitrogens with zero attached hydrogens (tertiary/aromatic N) is 1. The van der Waals surface area contributed by atoms with Crippen molar-refractivity contribution < 1.29 is 4.74 Å². The molecular formula is C18H21NOSSi. The lowest BCUT2D eigenvalue weighted by Gasteiger charge is -2.17. The maximum Gasteiger partial charge on any atom is 0.121 e. The summed E-state index contributed by atoms with van der Waals surface area (Å²) < 4.78 is 5.16. The van der Waals surface area contributed by atoms with Crippen LogP contribution in [0.15, 0.2) is 53.4 Å². The van der Waals surface area contributed by atoms with Gasteiger partial charge in [0.25, 0.3) is 0 Å². The minimum Gasteiger partial charge on any atom is -0.497 e. The molecule has 0 bridgehead atoms. The molecule has 114 valence electrons. The van der Waals surface area contributed by atoms with Crippen molar-refractivity contribution in [2.24, 2.45) is 0 Å². The first kappa shape index (κ1) is 16.7. The van der Waals surface area contributed by atoms with Crippen LogP contribution in [0, 0.1) is 11.3 Å². The highest BCUT2D eigenvalue weighted by Gasteiger charge is 2.17. The molecule has 0 spiro atoms. The molecule has 0 fully saturated rings. The molecule has 0 N–H and O–H groups in total. The smallest absolute Gasteiger partial charge is 0.121 e. The number of methoxy groups -OCH3 is 1. The van der Waals surface area contributed by atoms with Crippen molar-refractivity contribution in [1.82, 2.24) is 0 Å². The zero-order chi connectivity index (χ0) is 16.2. The number of thioether (sulfide) groups is 1. The summed E-state index contributed by atoms with van der Waals surface area (Å²) >= 11 is 1.59. The Balaban J connectivity index is 2.14. The Kier molecular flexibility index (Phi) is 5.33. The number of rotatable bonds is 5. The fraction of sp³-hybridized carbons (Fsp3) is 0.278. The highest BCUT2D eigenvalue weighted by Crippen LogP contribution is 2.35. The summed E-state index contributed by atoms with van der Waals surface area (Å²) in [4.78, 5) is 1.13. The molecule has 2 aromatic carbocycles. The van der Waals surface area contributed by atoms with Crippen LogP contribution < -0.4 is 9.92 Å². The quantitative estimate of drug-likeness (QED) is 0.594. The van der Waals surface area contributed by atoms with E-state index < -0.39 is 8.07 Å². The summed E-state index contributed by atoms with van der Waals surface area (Å²) in [6.07, 6.45) is 0. The van der Waals surface area contributed by atoms with E-state index in [2.05, 4.69) is 50.0 Å². The van der Waals surface area contributed by atoms with Crippen LogP contribution in [0.4, 0.5) is 0 Å². The fourth-order valence-corrected chi connectivity index (χ4v) is 4.20. The summed E-state index contributed by atoms with van der Waals surface area (Å²) in [5.74, 6) is 0.810. The molecule has 4 heteroatoms. The van der Waals surface area contributed by atoms with Gasteiger partial charge in [-0.3, -0.25) is 0 Å². The first-order chi connectivity index (χ1) is 10.4. The van der Waals surface area contributed by atoms with Crippen LogP contribution in [0.25, 0.3) is 0 Å². The lowest BCUT2D eigenvalue weighted by Crippen LogP contribution is -2.37. The van der Waals surface area contributed by atoms with E-state index in [1.54, 1.807) is 18.9 Å². The molecule has 0 saturated carbocycles. The highest BCUT2D eigenvalue weighted by molar-refractivity contribution is 7.99. The summed E-state index contributed by atoms with van der Waals surface area (Å²) in [7, 11) is 0.377. The van der Waals surface area contributed by atoms with Crippen LogP contribution >= 0.6 is 11.8 Å². The molecule has 1 unspecified atom stereocenters. The van der Waals surface area contributed by atoms with Gasteiger partial charge in [-0.25, -0.2) is 0 Å². The molecule has 2 aromatic rings. The van der Waals surface area contributed by atoms with Gasteiger partial charge < -0.3 is 4.74 Å². The Labute approximate surface area is 138 Å². The molecule has 2 nitrogen and oxygen atoms in total. The second kappa shape index (κ2) is 7.04. The van der Waals surface area contributed by atoms with Crippen molar-refractivity contribution in [3.05, 3.63) is 54.1 Å². The van der Waals surface area contributed by atoms with Crippen LogP contribution in [0.1, 0.15) is 10.8 Å². The third kappa shape index (κ3) is 4.16. The maximum absolute atomic E-state index is 9.46. The molecule has 0 saturated heterocycles. The number of nitriles is 1. The van der Waals surface area contributed by atoms with E-state index in [1.807, 2.05) is 24.3 Å². The molecule has 22 heavy (non-hydrogen) atoms. The van der Waals surface area contributed by atoms with Crippen LogP contribution in [0.5, 0.6) is 5.75 Å². The minimum absolute atomic E-state index is 0.205. The zero-order valence-electron chi connectivity index (χ0n) is 13.5. The van der Waals surface area contributed by atoms with Crippen molar-refractivity contribution >= 4 is 25.0 Å². The van der Waals surface area contributed by atoms with E-state index in [9.17, 15) is 5.26 Å². The summed E-state index contributed by atoms with van der Waals surface area (Å²) in [6.45, 7) is 7.01. The normalized spacial score (nSPS) is 12.5. The van der Waals surface area contributed by atoms with Gasteiger partial charge in [0, 0.05) is 4.90 Å². The SMILES string of the molecule is COc1ccc(C(C#N)Sc2ccc([Si](C)(C)C)cc2)cc1. The number of benzene rings is 2. The van der Waals surface area contributed by atoms with Crippen LogP contribution in [0.2, 0.25) is 19.6 Å². The van der Waals surface area contributed by atoms with E-state index in [4.69, 9.17) is 4.74 Å².